The van der Waals surface area contributed by atoms with E-state index in [9.17, 15) is 9.18 Å². The van der Waals surface area contributed by atoms with Crippen LogP contribution < -0.4 is 0 Å². The first-order chi connectivity index (χ1) is 6.18. The molecule has 68 valence electrons. The molecule has 0 saturated heterocycles. The largest absolute Gasteiger partial charge is 0.294 e. The zero-order valence-electron chi connectivity index (χ0n) is 7.46. The van der Waals surface area contributed by atoms with Crippen LogP contribution in [0.5, 0.6) is 0 Å². The number of rotatable bonds is 2. The van der Waals surface area contributed by atoms with Crippen LogP contribution in [0, 0.1) is 17.7 Å². The monoisotopic (exact) mass is 178 g/mol. The molecule has 1 nitrogen and oxygen atoms in total. The molecule has 0 aromatic heterocycles. The maximum Gasteiger partial charge on any atom is 0.166 e. The van der Waals surface area contributed by atoms with Crippen LogP contribution in [-0.4, -0.2) is 5.78 Å². The lowest BCUT2D eigenvalue weighted by Crippen LogP contribution is -2.02. The van der Waals surface area contributed by atoms with Crippen molar-refractivity contribution in [1.82, 2.24) is 0 Å². The molecule has 2 atom stereocenters. The molecule has 1 saturated carbocycles. The van der Waals surface area contributed by atoms with Crippen molar-refractivity contribution in [3.05, 3.63) is 35.6 Å². The molecule has 0 amide bonds. The van der Waals surface area contributed by atoms with Crippen molar-refractivity contribution in [1.29, 1.82) is 0 Å². The van der Waals surface area contributed by atoms with Gasteiger partial charge in [0.1, 0.15) is 5.82 Å². The maximum absolute atomic E-state index is 12.8. The first-order valence-corrected chi connectivity index (χ1v) is 4.48. The Labute approximate surface area is 76.6 Å². The second-order valence-corrected chi connectivity index (χ2v) is 3.69. The molecule has 1 fully saturated rings. The molecule has 2 heteroatoms. The fourth-order valence-electron chi connectivity index (χ4n) is 1.54. The summed E-state index contributed by atoms with van der Waals surface area (Å²) in [7, 11) is 0. The number of ketones is 1. The second kappa shape index (κ2) is 2.95. The van der Waals surface area contributed by atoms with E-state index in [2.05, 4.69) is 0 Å². The molecule has 0 radical (unpaired) electrons. The first kappa shape index (κ1) is 8.42. The molecule has 1 aromatic rings. The van der Waals surface area contributed by atoms with E-state index >= 15 is 0 Å². The molecule has 2 rings (SSSR count). The topological polar surface area (TPSA) is 17.1 Å². The Morgan fingerprint density at radius 3 is 2.77 bits per heavy atom. The van der Waals surface area contributed by atoms with Gasteiger partial charge in [-0.25, -0.2) is 4.39 Å². The van der Waals surface area contributed by atoms with Gasteiger partial charge in [0.2, 0.25) is 0 Å². The van der Waals surface area contributed by atoms with Crippen molar-refractivity contribution < 1.29 is 9.18 Å². The molecule has 0 heterocycles. The molecular weight excluding hydrogens is 167 g/mol. The van der Waals surface area contributed by atoms with E-state index in [-0.39, 0.29) is 17.5 Å². The Morgan fingerprint density at radius 1 is 1.54 bits per heavy atom. The maximum atomic E-state index is 12.8. The lowest BCUT2D eigenvalue weighted by Gasteiger charge is -1.98. The normalized spacial score (nSPS) is 25.7. The van der Waals surface area contributed by atoms with Gasteiger partial charge in [-0.05, 0) is 24.5 Å². The summed E-state index contributed by atoms with van der Waals surface area (Å²) in [6.45, 7) is 2.04. The van der Waals surface area contributed by atoms with Crippen molar-refractivity contribution in [2.75, 3.05) is 0 Å². The highest BCUT2D eigenvalue weighted by Crippen LogP contribution is 2.40. The standard InChI is InChI=1S/C11H11FO/c1-7-5-10(7)11(13)8-3-2-4-9(12)6-8/h2-4,6-7,10H,5H2,1H3. The smallest absolute Gasteiger partial charge is 0.166 e. The quantitative estimate of drug-likeness (QED) is 0.636. The summed E-state index contributed by atoms with van der Waals surface area (Å²) in [5, 5.41) is 0. The predicted molar refractivity (Wildman–Crippen MR) is 48.0 cm³/mol. The molecule has 13 heavy (non-hydrogen) atoms. The number of benzene rings is 1. The van der Waals surface area contributed by atoms with Crippen LogP contribution in [0.25, 0.3) is 0 Å². The summed E-state index contributed by atoms with van der Waals surface area (Å²) in [5.74, 6) is 0.378. The lowest BCUT2D eigenvalue weighted by molar-refractivity contribution is 0.0962. The molecule has 0 bridgehead atoms. The van der Waals surface area contributed by atoms with Gasteiger partial charge in [0.05, 0.1) is 0 Å². The van der Waals surface area contributed by atoms with Crippen LogP contribution in [-0.2, 0) is 0 Å². The van der Waals surface area contributed by atoms with Crippen molar-refractivity contribution in [3.8, 4) is 0 Å². The molecule has 1 aliphatic rings. The highest BCUT2D eigenvalue weighted by molar-refractivity contribution is 5.99. The van der Waals surface area contributed by atoms with Crippen LogP contribution in [0.1, 0.15) is 23.7 Å². The van der Waals surface area contributed by atoms with E-state index in [0.717, 1.165) is 6.42 Å². The Bertz CT molecular complexity index is 346. The van der Waals surface area contributed by atoms with Gasteiger partial charge < -0.3 is 0 Å². The molecule has 2 unspecified atom stereocenters. The van der Waals surface area contributed by atoms with Gasteiger partial charge in [0.25, 0.3) is 0 Å². The van der Waals surface area contributed by atoms with Crippen LogP contribution >= 0.6 is 0 Å². The van der Waals surface area contributed by atoms with Gasteiger partial charge in [-0.2, -0.15) is 0 Å². The van der Waals surface area contributed by atoms with Crippen LogP contribution in [0.2, 0.25) is 0 Å². The van der Waals surface area contributed by atoms with Crippen molar-refractivity contribution in [2.45, 2.75) is 13.3 Å². The van der Waals surface area contributed by atoms with Gasteiger partial charge in [0, 0.05) is 11.5 Å². The van der Waals surface area contributed by atoms with Gasteiger partial charge in [-0.3, -0.25) is 4.79 Å². The van der Waals surface area contributed by atoms with Gasteiger partial charge in [0.15, 0.2) is 5.78 Å². The average Bonchev–Trinajstić information content (AvgIpc) is 2.81. The number of Topliss-reactive ketones (excluding diaryl/α,β-unsaturated/α-hetero) is 1. The lowest BCUT2D eigenvalue weighted by atomic mass is 10.1. The van der Waals surface area contributed by atoms with Gasteiger partial charge >= 0.3 is 0 Å². The highest BCUT2D eigenvalue weighted by Gasteiger charge is 2.39. The van der Waals surface area contributed by atoms with E-state index in [0.29, 0.717) is 11.5 Å². The van der Waals surface area contributed by atoms with E-state index in [4.69, 9.17) is 0 Å². The number of halogens is 1. The van der Waals surface area contributed by atoms with Crippen LogP contribution in [0.3, 0.4) is 0 Å². The van der Waals surface area contributed by atoms with Gasteiger partial charge in [-0.1, -0.05) is 19.1 Å². The van der Waals surface area contributed by atoms with E-state index in [1.54, 1.807) is 12.1 Å². The highest BCUT2D eigenvalue weighted by atomic mass is 19.1. The second-order valence-electron chi connectivity index (χ2n) is 3.69. The van der Waals surface area contributed by atoms with Crippen molar-refractivity contribution in [2.24, 2.45) is 11.8 Å². The Morgan fingerprint density at radius 2 is 2.23 bits per heavy atom. The minimum atomic E-state index is -0.334. The zero-order chi connectivity index (χ0) is 9.42. The van der Waals surface area contributed by atoms with Crippen molar-refractivity contribution >= 4 is 5.78 Å². The number of carbonyl (C=O) groups excluding carboxylic acids is 1. The summed E-state index contributed by atoms with van der Waals surface area (Å²) >= 11 is 0. The molecule has 0 aliphatic heterocycles. The third-order valence-corrected chi connectivity index (χ3v) is 2.56. The van der Waals surface area contributed by atoms with E-state index < -0.39 is 0 Å². The number of hydrogen-bond donors (Lipinski definition) is 0. The predicted octanol–water partition coefficient (Wildman–Crippen LogP) is 2.66. The Balaban J connectivity index is 2.21. The minimum Gasteiger partial charge on any atom is -0.294 e. The van der Waals surface area contributed by atoms with Crippen LogP contribution in [0.15, 0.2) is 24.3 Å². The fourth-order valence-corrected chi connectivity index (χ4v) is 1.54. The molecule has 1 aromatic carbocycles. The molecule has 0 N–H and O–H groups in total. The van der Waals surface area contributed by atoms with E-state index in [1.807, 2.05) is 6.92 Å². The Hall–Kier alpha value is -1.18. The SMILES string of the molecule is CC1CC1C(=O)c1cccc(F)c1. The van der Waals surface area contributed by atoms with E-state index in [1.165, 1.54) is 12.1 Å². The molecule has 1 aliphatic carbocycles. The average molecular weight is 178 g/mol. The minimum absolute atomic E-state index is 0.0898. The van der Waals surface area contributed by atoms with Gasteiger partial charge in [-0.15, -0.1) is 0 Å². The summed E-state index contributed by atoms with van der Waals surface area (Å²) in [6, 6.07) is 5.92. The zero-order valence-corrected chi connectivity index (χ0v) is 7.46. The third kappa shape index (κ3) is 1.62. The Kier molecular flexibility index (Phi) is 1.91. The number of carbonyl (C=O) groups is 1. The summed E-state index contributed by atoms with van der Waals surface area (Å²) in [4.78, 5) is 11.6. The molecule has 0 spiro atoms. The third-order valence-electron chi connectivity index (χ3n) is 2.56. The molecular formula is C11H11FO. The summed E-state index contributed by atoms with van der Waals surface area (Å²) in [6.07, 6.45) is 0.954. The number of hydrogen-bond acceptors (Lipinski definition) is 1. The van der Waals surface area contributed by atoms with Crippen LogP contribution in [0.4, 0.5) is 4.39 Å². The van der Waals surface area contributed by atoms with Crippen molar-refractivity contribution in [3.63, 3.8) is 0 Å². The summed E-state index contributed by atoms with van der Waals surface area (Å²) in [5.41, 5.74) is 0.509. The first-order valence-electron chi connectivity index (χ1n) is 4.48. The summed E-state index contributed by atoms with van der Waals surface area (Å²) < 4.78 is 12.8. The fraction of sp³-hybridized carbons (Fsp3) is 0.364.